The molecule has 74 valence electrons. The van der Waals surface area contributed by atoms with Crippen molar-refractivity contribution in [3.8, 4) is 0 Å². The van der Waals surface area contributed by atoms with Crippen molar-refractivity contribution in [3.63, 3.8) is 0 Å². The van der Waals surface area contributed by atoms with E-state index in [2.05, 4.69) is 30.8 Å². The smallest absolute Gasteiger partial charge is 0.0780 e. The van der Waals surface area contributed by atoms with Crippen molar-refractivity contribution >= 4 is 11.9 Å². The molecule has 0 saturated heterocycles. The summed E-state index contributed by atoms with van der Waals surface area (Å²) in [5.74, 6) is 0.745. The third-order valence-electron chi connectivity index (χ3n) is 2.64. The number of nitrogens with zero attached hydrogens (tertiary/aromatic N) is 2. The molecule has 0 aromatic heterocycles. The summed E-state index contributed by atoms with van der Waals surface area (Å²) in [5, 5.41) is 0. The molecule has 0 N–H and O–H groups in total. The van der Waals surface area contributed by atoms with Crippen LogP contribution in [0.2, 0.25) is 0 Å². The SMILES string of the molecule is CCC(C)C[C@@]1(C)CN=CC(C)=N1. The summed E-state index contributed by atoms with van der Waals surface area (Å²) in [4.78, 5) is 9.01. The number of rotatable bonds is 3. The van der Waals surface area contributed by atoms with Gasteiger partial charge < -0.3 is 0 Å². The average Bonchev–Trinajstić information content (AvgIpc) is 2.02. The van der Waals surface area contributed by atoms with E-state index in [0.29, 0.717) is 0 Å². The molecule has 1 aliphatic rings. The zero-order valence-electron chi connectivity index (χ0n) is 9.17. The summed E-state index contributed by atoms with van der Waals surface area (Å²) in [6.07, 6.45) is 4.25. The lowest BCUT2D eigenvalue weighted by Gasteiger charge is -2.29. The van der Waals surface area contributed by atoms with Gasteiger partial charge in [-0.15, -0.1) is 0 Å². The maximum Gasteiger partial charge on any atom is 0.0780 e. The lowest BCUT2D eigenvalue weighted by molar-refractivity contribution is 0.357. The van der Waals surface area contributed by atoms with Gasteiger partial charge in [-0.1, -0.05) is 20.3 Å². The van der Waals surface area contributed by atoms with E-state index < -0.39 is 0 Å². The summed E-state index contributed by atoms with van der Waals surface area (Å²) >= 11 is 0. The van der Waals surface area contributed by atoms with E-state index >= 15 is 0 Å². The number of hydrogen-bond acceptors (Lipinski definition) is 2. The standard InChI is InChI=1S/C11H20N2/c1-5-9(2)6-11(4)8-12-7-10(3)13-11/h7,9H,5-6,8H2,1-4H3/t9?,11-/m0/s1. The molecule has 0 radical (unpaired) electrons. The molecular formula is C11H20N2. The second-order valence-electron chi connectivity index (χ2n) is 4.44. The second-order valence-corrected chi connectivity index (χ2v) is 4.44. The Hall–Kier alpha value is -0.660. The van der Waals surface area contributed by atoms with Gasteiger partial charge in [0.15, 0.2) is 0 Å². The van der Waals surface area contributed by atoms with Gasteiger partial charge in [-0.25, -0.2) is 0 Å². The van der Waals surface area contributed by atoms with Gasteiger partial charge in [0.05, 0.1) is 17.8 Å². The first-order valence-corrected chi connectivity index (χ1v) is 5.12. The molecule has 0 bridgehead atoms. The van der Waals surface area contributed by atoms with Crippen LogP contribution in [-0.4, -0.2) is 24.0 Å². The summed E-state index contributed by atoms with van der Waals surface area (Å²) in [7, 11) is 0. The van der Waals surface area contributed by atoms with E-state index in [4.69, 9.17) is 0 Å². The van der Waals surface area contributed by atoms with Crippen molar-refractivity contribution < 1.29 is 0 Å². The Bertz CT molecular complexity index is 230. The predicted octanol–water partition coefficient (Wildman–Crippen LogP) is 2.73. The highest BCUT2D eigenvalue weighted by Crippen LogP contribution is 2.25. The van der Waals surface area contributed by atoms with Gasteiger partial charge in [0.25, 0.3) is 0 Å². The molecule has 0 aromatic carbocycles. The number of aliphatic imine (C=N–C) groups is 2. The molecule has 0 amide bonds. The molecule has 1 unspecified atom stereocenters. The minimum absolute atomic E-state index is 0.0638. The van der Waals surface area contributed by atoms with E-state index in [9.17, 15) is 0 Å². The van der Waals surface area contributed by atoms with Gasteiger partial charge >= 0.3 is 0 Å². The van der Waals surface area contributed by atoms with Gasteiger partial charge in [-0.2, -0.15) is 0 Å². The van der Waals surface area contributed by atoms with Gasteiger partial charge in [0.2, 0.25) is 0 Å². The fraction of sp³-hybridized carbons (Fsp3) is 0.818. The van der Waals surface area contributed by atoms with Crippen LogP contribution in [-0.2, 0) is 0 Å². The molecule has 2 nitrogen and oxygen atoms in total. The molecule has 0 saturated carbocycles. The highest BCUT2D eigenvalue weighted by molar-refractivity contribution is 6.30. The van der Waals surface area contributed by atoms with Crippen LogP contribution in [0.1, 0.15) is 40.5 Å². The topological polar surface area (TPSA) is 24.7 Å². The fourth-order valence-corrected chi connectivity index (χ4v) is 1.87. The molecule has 13 heavy (non-hydrogen) atoms. The average molecular weight is 180 g/mol. The van der Waals surface area contributed by atoms with Crippen molar-refractivity contribution in [2.75, 3.05) is 6.54 Å². The van der Waals surface area contributed by atoms with E-state index in [0.717, 1.165) is 24.6 Å². The first kappa shape index (κ1) is 10.4. The van der Waals surface area contributed by atoms with Gasteiger partial charge in [-0.05, 0) is 26.2 Å². The van der Waals surface area contributed by atoms with E-state index in [1.165, 1.54) is 6.42 Å². The van der Waals surface area contributed by atoms with Crippen LogP contribution in [0.5, 0.6) is 0 Å². The lowest BCUT2D eigenvalue weighted by atomic mass is 9.88. The van der Waals surface area contributed by atoms with Crippen molar-refractivity contribution in [2.24, 2.45) is 15.9 Å². The van der Waals surface area contributed by atoms with Crippen molar-refractivity contribution in [1.82, 2.24) is 0 Å². The van der Waals surface area contributed by atoms with Crippen LogP contribution in [0.15, 0.2) is 9.98 Å². The first-order chi connectivity index (χ1) is 6.06. The zero-order chi connectivity index (χ0) is 9.90. The molecule has 1 aliphatic heterocycles. The summed E-state index contributed by atoms with van der Waals surface area (Å²) in [6, 6.07) is 0. The molecule has 0 fully saturated rings. The van der Waals surface area contributed by atoms with E-state index in [1.807, 2.05) is 13.1 Å². The normalized spacial score (nSPS) is 30.0. The zero-order valence-corrected chi connectivity index (χ0v) is 9.17. The minimum Gasteiger partial charge on any atom is -0.289 e. The highest BCUT2D eigenvalue weighted by Gasteiger charge is 2.26. The lowest BCUT2D eigenvalue weighted by Crippen LogP contribution is -2.32. The maximum atomic E-state index is 4.67. The molecule has 2 atom stereocenters. The second kappa shape index (κ2) is 4.03. The third kappa shape index (κ3) is 2.94. The van der Waals surface area contributed by atoms with Gasteiger partial charge in [0.1, 0.15) is 0 Å². The molecule has 1 rings (SSSR count). The van der Waals surface area contributed by atoms with E-state index in [1.54, 1.807) is 0 Å². The molecule has 2 heteroatoms. The van der Waals surface area contributed by atoms with Crippen LogP contribution in [0.3, 0.4) is 0 Å². The quantitative estimate of drug-likeness (QED) is 0.638. The molecule has 0 spiro atoms. The maximum absolute atomic E-state index is 4.67. The third-order valence-corrected chi connectivity index (χ3v) is 2.64. The van der Waals surface area contributed by atoms with Crippen LogP contribution < -0.4 is 0 Å². The van der Waals surface area contributed by atoms with Crippen LogP contribution in [0, 0.1) is 5.92 Å². The van der Waals surface area contributed by atoms with Crippen molar-refractivity contribution in [1.29, 1.82) is 0 Å². The monoisotopic (exact) mass is 180 g/mol. The van der Waals surface area contributed by atoms with Crippen molar-refractivity contribution in [3.05, 3.63) is 0 Å². The van der Waals surface area contributed by atoms with Crippen LogP contribution >= 0.6 is 0 Å². The van der Waals surface area contributed by atoms with Gasteiger partial charge in [-0.3, -0.25) is 9.98 Å². The molecule has 0 aliphatic carbocycles. The highest BCUT2D eigenvalue weighted by atomic mass is 15.0. The predicted molar refractivity (Wildman–Crippen MR) is 58.9 cm³/mol. The Morgan fingerprint density at radius 3 is 2.85 bits per heavy atom. The Morgan fingerprint density at radius 2 is 2.31 bits per heavy atom. The number of hydrogen-bond donors (Lipinski definition) is 0. The Labute approximate surface area is 81.2 Å². The Kier molecular flexibility index (Phi) is 3.23. The molecular weight excluding hydrogens is 160 g/mol. The Morgan fingerprint density at radius 1 is 1.62 bits per heavy atom. The van der Waals surface area contributed by atoms with Crippen molar-refractivity contribution in [2.45, 2.75) is 46.1 Å². The summed E-state index contributed by atoms with van der Waals surface area (Å²) in [6.45, 7) is 9.61. The fourth-order valence-electron chi connectivity index (χ4n) is 1.87. The largest absolute Gasteiger partial charge is 0.289 e. The van der Waals surface area contributed by atoms with Gasteiger partial charge in [0, 0.05) is 6.21 Å². The summed E-state index contributed by atoms with van der Waals surface area (Å²) in [5.41, 5.74) is 1.13. The summed E-state index contributed by atoms with van der Waals surface area (Å²) < 4.78 is 0. The van der Waals surface area contributed by atoms with Crippen LogP contribution in [0.25, 0.3) is 0 Å². The first-order valence-electron chi connectivity index (χ1n) is 5.12. The molecule has 1 heterocycles. The Balaban J connectivity index is 2.62. The molecule has 0 aromatic rings. The van der Waals surface area contributed by atoms with Crippen LogP contribution in [0.4, 0.5) is 0 Å². The minimum atomic E-state index is 0.0638. The van der Waals surface area contributed by atoms with E-state index in [-0.39, 0.29) is 5.54 Å².